The zero-order valence-corrected chi connectivity index (χ0v) is 18.4. The summed E-state index contributed by atoms with van der Waals surface area (Å²) in [5, 5.41) is 3.21. The molecule has 2 aromatic rings. The molecule has 3 rings (SSSR count). The Kier molecular flexibility index (Phi) is 6.77. The van der Waals surface area contributed by atoms with E-state index in [2.05, 4.69) is 19.2 Å². The molecule has 0 bridgehead atoms. The topological polar surface area (TPSA) is 84.9 Å². The zero-order chi connectivity index (χ0) is 21.8. The Morgan fingerprint density at radius 2 is 1.90 bits per heavy atom. The highest BCUT2D eigenvalue weighted by molar-refractivity contribution is 7.17. The summed E-state index contributed by atoms with van der Waals surface area (Å²) < 4.78 is 10.5. The largest absolute Gasteiger partial charge is 0.484 e. The van der Waals surface area contributed by atoms with Gasteiger partial charge in [-0.15, -0.1) is 11.3 Å². The molecule has 30 heavy (non-hydrogen) atoms. The summed E-state index contributed by atoms with van der Waals surface area (Å²) in [5.74, 6) is 0.142. The van der Waals surface area contributed by atoms with Crippen LogP contribution in [-0.2, 0) is 27.3 Å². The SMILES string of the molecule is COC(=O)c1c(NC(=O)COc2ccc(C(C)C)cc2)sc2c1CCN(C(C)=O)C2. The van der Waals surface area contributed by atoms with Crippen molar-refractivity contribution in [1.29, 1.82) is 0 Å². The second-order valence-electron chi connectivity index (χ2n) is 7.45. The fourth-order valence-corrected chi connectivity index (χ4v) is 4.61. The second kappa shape index (κ2) is 9.30. The average molecular weight is 431 g/mol. The lowest BCUT2D eigenvalue weighted by atomic mass is 10.0. The van der Waals surface area contributed by atoms with Gasteiger partial charge in [0.25, 0.3) is 5.91 Å². The van der Waals surface area contributed by atoms with Crippen LogP contribution in [0.15, 0.2) is 24.3 Å². The van der Waals surface area contributed by atoms with Crippen LogP contribution >= 0.6 is 11.3 Å². The summed E-state index contributed by atoms with van der Waals surface area (Å²) in [6, 6.07) is 7.62. The van der Waals surface area contributed by atoms with Crippen LogP contribution in [0.3, 0.4) is 0 Å². The van der Waals surface area contributed by atoms with E-state index in [4.69, 9.17) is 9.47 Å². The molecule has 1 aromatic heterocycles. The Morgan fingerprint density at radius 1 is 1.20 bits per heavy atom. The normalized spacial score (nSPS) is 13.0. The van der Waals surface area contributed by atoms with Crippen molar-refractivity contribution < 1.29 is 23.9 Å². The Balaban J connectivity index is 1.71. The van der Waals surface area contributed by atoms with E-state index in [1.54, 1.807) is 4.90 Å². The van der Waals surface area contributed by atoms with Crippen LogP contribution < -0.4 is 10.1 Å². The van der Waals surface area contributed by atoms with Gasteiger partial charge in [0, 0.05) is 18.3 Å². The van der Waals surface area contributed by atoms with Gasteiger partial charge in [0.15, 0.2) is 6.61 Å². The number of benzene rings is 1. The third-order valence-electron chi connectivity index (χ3n) is 5.06. The standard InChI is InChI=1S/C22H26N2O5S/c1-13(2)15-5-7-16(8-6-15)29-12-19(26)23-21-20(22(27)28-4)17-9-10-24(14(3)25)11-18(17)30-21/h5-8,13H,9-12H2,1-4H3,(H,23,26). The molecule has 0 aliphatic carbocycles. The quantitative estimate of drug-likeness (QED) is 0.708. The Labute approximate surface area is 180 Å². The minimum Gasteiger partial charge on any atom is -0.484 e. The van der Waals surface area contributed by atoms with E-state index in [1.807, 2.05) is 24.3 Å². The maximum atomic E-state index is 12.5. The summed E-state index contributed by atoms with van der Waals surface area (Å²) in [7, 11) is 1.31. The lowest BCUT2D eigenvalue weighted by Gasteiger charge is -2.25. The van der Waals surface area contributed by atoms with E-state index >= 15 is 0 Å². The molecule has 8 heteroatoms. The number of thiophene rings is 1. The number of nitrogens with zero attached hydrogens (tertiary/aromatic N) is 1. The Morgan fingerprint density at radius 3 is 2.50 bits per heavy atom. The molecule has 7 nitrogen and oxygen atoms in total. The van der Waals surface area contributed by atoms with Crippen LogP contribution in [0.1, 0.15) is 53.1 Å². The van der Waals surface area contributed by atoms with Gasteiger partial charge in [-0.25, -0.2) is 4.79 Å². The number of nitrogens with one attached hydrogen (secondary N) is 1. The molecule has 0 fully saturated rings. The zero-order valence-electron chi connectivity index (χ0n) is 17.6. The molecule has 0 saturated heterocycles. The van der Waals surface area contributed by atoms with E-state index in [0.717, 1.165) is 10.4 Å². The number of esters is 1. The van der Waals surface area contributed by atoms with Crippen molar-refractivity contribution in [3.63, 3.8) is 0 Å². The highest BCUT2D eigenvalue weighted by Gasteiger charge is 2.30. The molecular formula is C22H26N2O5S. The second-order valence-corrected chi connectivity index (χ2v) is 8.56. The number of hydrogen-bond donors (Lipinski definition) is 1. The summed E-state index contributed by atoms with van der Waals surface area (Å²) in [6.45, 7) is 6.52. The molecule has 0 unspecified atom stereocenters. The van der Waals surface area contributed by atoms with Gasteiger partial charge in [0.1, 0.15) is 10.8 Å². The van der Waals surface area contributed by atoms with Crippen LogP contribution in [0.4, 0.5) is 5.00 Å². The van der Waals surface area contributed by atoms with Gasteiger partial charge in [-0.1, -0.05) is 26.0 Å². The number of amides is 2. The van der Waals surface area contributed by atoms with Crippen LogP contribution in [-0.4, -0.2) is 42.9 Å². The minimum atomic E-state index is -0.496. The molecule has 1 aromatic carbocycles. The fraction of sp³-hybridized carbons (Fsp3) is 0.409. The van der Waals surface area contributed by atoms with Gasteiger partial charge in [-0.3, -0.25) is 9.59 Å². The molecule has 1 aliphatic heterocycles. The molecular weight excluding hydrogens is 404 g/mol. The van der Waals surface area contributed by atoms with Crippen molar-refractivity contribution in [2.45, 2.75) is 39.7 Å². The number of anilines is 1. The first kappa shape index (κ1) is 21.8. The van der Waals surface area contributed by atoms with Gasteiger partial charge in [-0.2, -0.15) is 0 Å². The third-order valence-corrected chi connectivity index (χ3v) is 6.19. The summed E-state index contributed by atoms with van der Waals surface area (Å²) in [4.78, 5) is 39.1. The molecule has 2 heterocycles. The van der Waals surface area contributed by atoms with Crippen LogP contribution in [0.2, 0.25) is 0 Å². The molecule has 0 spiro atoms. The molecule has 1 N–H and O–H groups in total. The average Bonchev–Trinajstić information content (AvgIpc) is 3.08. The molecule has 0 saturated carbocycles. The Hall–Kier alpha value is -2.87. The number of carbonyl (C=O) groups is 3. The summed E-state index contributed by atoms with van der Waals surface area (Å²) >= 11 is 1.30. The van der Waals surface area contributed by atoms with Crippen molar-refractivity contribution in [2.75, 3.05) is 25.6 Å². The third kappa shape index (κ3) is 4.81. The maximum Gasteiger partial charge on any atom is 0.341 e. The molecule has 0 atom stereocenters. The van der Waals surface area contributed by atoms with Crippen LogP contribution in [0.5, 0.6) is 5.75 Å². The van der Waals surface area contributed by atoms with E-state index in [0.29, 0.717) is 41.7 Å². The summed E-state index contributed by atoms with van der Waals surface area (Å²) in [5.41, 5.74) is 2.40. The van der Waals surface area contributed by atoms with Gasteiger partial charge < -0.3 is 19.7 Å². The van der Waals surface area contributed by atoms with E-state index in [9.17, 15) is 14.4 Å². The smallest absolute Gasteiger partial charge is 0.341 e. The maximum absolute atomic E-state index is 12.5. The number of ether oxygens (including phenoxy) is 2. The van der Waals surface area contributed by atoms with E-state index < -0.39 is 5.97 Å². The minimum absolute atomic E-state index is 0.0175. The number of rotatable bonds is 6. The van der Waals surface area contributed by atoms with Crippen molar-refractivity contribution in [2.24, 2.45) is 0 Å². The Bertz CT molecular complexity index is 949. The fourth-order valence-electron chi connectivity index (χ4n) is 3.34. The first-order valence-corrected chi connectivity index (χ1v) is 10.6. The van der Waals surface area contributed by atoms with E-state index in [1.165, 1.54) is 30.9 Å². The van der Waals surface area contributed by atoms with Gasteiger partial charge >= 0.3 is 5.97 Å². The summed E-state index contributed by atoms with van der Waals surface area (Å²) in [6.07, 6.45) is 0.546. The van der Waals surface area contributed by atoms with E-state index in [-0.39, 0.29) is 18.4 Å². The number of fused-ring (bicyclic) bond motifs is 1. The number of hydrogen-bond acceptors (Lipinski definition) is 6. The molecule has 160 valence electrons. The van der Waals surface area contributed by atoms with Crippen LogP contribution in [0, 0.1) is 0 Å². The molecule has 0 radical (unpaired) electrons. The first-order chi connectivity index (χ1) is 14.3. The lowest BCUT2D eigenvalue weighted by Crippen LogP contribution is -2.33. The first-order valence-electron chi connectivity index (χ1n) is 9.81. The van der Waals surface area contributed by atoms with Gasteiger partial charge in [-0.05, 0) is 35.6 Å². The van der Waals surface area contributed by atoms with Gasteiger partial charge in [0.2, 0.25) is 5.91 Å². The van der Waals surface area contributed by atoms with Crippen molar-refractivity contribution in [1.82, 2.24) is 4.90 Å². The molecule has 2 amide bonds. The predicted molar refractivity (Wildman–Crippen MR) is 115 cm³/mol. The van der Waals surface area contributed by atoms with Gasteiger partial charge in [0.05, 0.1) is 19.2 Å². The van der Waals surface area contributed by atoms with Crippen molar-refractivity contribution in [3.05, 3.63) is 45.8 Å². The van der Waals surface area contributed by atoms with Crippen molar-refractivity contribution in [3.8, 4) is 5.75 Å². The predicted octanol–water partition coefficient (Wildman–Crippen LogP) is 3.58. The number of methoxy groups -OCH3 is 1. The number of carbonyl (C=O) groups excluding carboxylic acids is 3. The monoisotopic (exact) mass is 430 g/mol. The highest BCUT2D eigenvalue weighted by atomic mass is 32.1. The van der Waals surface area contributed by atoms with Crippen LogP contribution in [0.25, 0.3) is 0 Å². The van der Waals surface area contributed by atoms with Crippen molar-refractivity contribution >= 4 is 34.1 Å². The molecule has 1 aliphatic rings. The lowest BCUT2D eigenvalue weighted by molar-refractivity contribution is -0.129. The highest BCUT2D eigenvalue weighted by Crippen LogP contribution is 2.37.